The zero-order valence-electron chi connectivity index (χ0n) is 20.9. The lowest BCUT2D eigenvalue weighted by atomic mass is 9.67. The van der Waals surface area contributed by atoms with Crippen LogP contribution in [0.25, 0.3) is 0 Å². The van der Waals surface area contributed by atoms with Crippen molar-refractivity contribution < 1.29 is 24.9 Å². The van der Waals surface area contributed by atoms with Crippen molar-refractivity contribution in [2.24, 2.45) is 29.6 Å². The molecule has 1 aromatic rings. The highest BCUT2D eigenvalue weighted by Gasteiger charge is 2.45. The molecule has 0 aliphatic heterocycles. The summed E-state index contributed by atoms with van der Waals surface area (Å²) in [4.78, 5) is 27.3. The van der Waals surface area contributed by atoms with E-state index < -0.39 is 18.2 Å². The maximum Gasteiger partial charge on any atom is 0.305 e. The number of allylic oxidation sites excluding steroid dienone is 5. The van der Waals surface area contributed by atoms with Crippen LogP contribution in [0.15, 0.2) is 65.9 Å². The molecule has 3 rings (SSSR count). The highest BCUT2D eigenvalue weighted by molar-refractivity contribution is 5.97. The quantitative estimate of drug-likeness (QED) is 0.200. The van der Waals surface area contributed by atoms with Crippen molar-refractivity contribution in [2.75, 3.05) is 0 Å². The number of hydrogen-bond acceptors (Lipinski definition) is 4. The summed E-state index contributed by atoms with van der Waals surface area (Å²) >= 11 is 0. The Balaban J connectivity index is 1.79. The van der Waals surface area contributed by atoms with Crippen molar-refractivity contribution in [3.8, 4) is 0 Å². The van der Waals surface area contributed by atoms with Crippen LogP contribution in [0, 0.1) is 29.6 Å². The molecule has 4 N–H and O–H groups in total. The van der Waals surface area contributed by atoms with Gasteiger partial charge in [0, 0.05) is 18.0 Å². The first kappa shape index (κ1) is 26.9. The second kappa shape index (κ2) is 12.3. The van der Waals surface area contributed by atoms with E-state index in [0.29, 0.717) is 29.9 Å². The second-order valence-electron chi connectivity index (χ2n) is 10.1. The molecular weight excluding hydrogens is 442 g/mol. The van der Waals surface area contributed by atoms with Crippen molar-refractivity contribution in [3.63, 3.8) is 0 Å². The average molecular weight is 482 g/mol. The number of aromatic amines is 1. The number of aliphatic hydroxyl groups is 2. The van der Waals surface area contributed by atoms with Crippen molar-refractivity contribution >= 4 is 11.8 Å². The lowest BCUT2D eigenvalue weighted by Gasteiger charge is -2.36. The Morgan fingerprint density at radius 2 is 2.00 bits per heavy atom. The molecule has 6 heteroatoms. The van der Waals surface area contributed by atoms with Crippen LogP contribution in [-0.2, 0) is 4.79 Å². The topological polar surface area (TPSA) is 111 Å². The number of H-pyrrole nitrogens is 1. The predicted octanol–water partition coefficient (Wildman–Crippen LogP) is 5.09. The number of carbonyl (C=O) groups is 2. The maximum atomic E-state index is 13.6. The monoisotopic (exact) mass is 481 g/mol. The number of nitrogens with one attached hydrogen (secondary N) is 1. The molecular formula is C29H39NO5. The van der Waals surface area contributed by atoms with E-state index in [-0.39, 0.29) is 30.5 Å². The molecule has 1 saturated carbocycles. The first-order valence-electron chi connectivity index (χ1n) is 12.7. The molecule has 0 bridgehead atoms. The van der Waals surface area contributed by atoms with Gasteiger partial charge in [0.15, 0.2) is 5.78 Å². The van der Waals surface area contributed by atoms with Gasteiger partial charge < -0.3 is 20.3 Å². The third-order valence-electron chi connectivity index (χ3n) is 7.62. The molecule has 7 atom stereocenters. The Kier molecular flexibility index (Phi) is 9.47. The van der Waals surface area contributed by atoms with E-state index in [4.69, 9.17) is 5.11 Å². The standard InChI is InChI=1S/C29H39NO5/c1-4-20(28(34)19(3)8-5-6-9-22(31)17-26(32)33)16-21-12-14-23-18(2)11-13-24(23)27(21)29(35)25-10-7-15-30-25/h5-8,10,12,14-16,18,21-24,27-28,30-31,34H,4,9,11,13,17H2,1-3H3,(H,32,33)/b6-5-,19-8+,20-16+. The molecule has 0 radical (unpaired) electrons. The number of aliphatic carboxylic acids is 1. The number of aromatic nitrogens is 1. The van der Waals surface area contributed by atoms with Crippen LogP contribution in [0.1, 0.15) is 63.4 Å². The molecule has 0 aromatic carbocycles. The minimum atomic E-state index is -1.03. The third-order valence-corrected chi connectivity index (χ3v) is 7.62. The summed E-state index contributed by atoms with van der Waals surface area (Å²) in [5.74, 6) is 0.181. The van der Waals surface area contributed by atoms with Gasteiger partial charge in [-0.05, 0) is 73.6 Å². The molecule has 190 valence electrons. The molecule has 0 saturated heterocycles. The van der Waals surface area contributed by atoms with Gasteiger partial charge in [-0.15, -0.1) is 0 Å². The fourth-order valence-corrected chi connectivity index (χ4v) is 5.64. The molecule has 2 aliphatic rings. The lowest BCUT2D eigenvalue weighted by Crippen LogP contribution is -2.35. The van der Waals surface area contributed by atoms with E-state index >= 15 is 0 Å². The van der Waals surface area contributed by atoms with E-state index in [9.17, 15) is 19.8 Å². The molecule has 1 fully saturated rings. The average Bonchev–Trinajstić information content (AvgIpc) is 3.49. The van der Waals surface area contributed by atoms with Gasteiger partial charge in [0.2, 0.25) is 0 Å². The highest BCUT2D eigenvalue weighted by Crippen LogP contribution is 2.49. The third kappa shape index (κ3) is 6.71. The minimum Gasteiger partial charge on any atom is -0.481 e. The second-order valence-corrected chi connectivity index (χ2v) is 10.1. The summed E-state index contributed by atoms with van der Waals surface area (Å²) < 4.78 is 0. The number of rotatable bonds is 11. The van der Waals surface area contributed by atoms with Crippen LogP contribution in [0.2, 0.25) is 0 Å². The molecule has 6 nitrogen and oxygen atoms in total. The number of carboxylic acid groups (broad SMARTS) is 1. The van der Waals surface area contributed by atoms with E-state index in [0.717, 1.165) is 24.0 Å². The highest BCUT2D eigenvalue weighted by atomic mass is 16.4. The molecule has 2 aliphatic carbocycles. The SMILES string of the molecule is CC/C(=C\C1C=CC2C(C)CCC2C1C(=O)c1ccc[nH]1)C(O)/C(C)=C/C=C\CC(O)CC(=O)O. The molecule has 1 heterocycles. The largest absolute Gasteiger partial charge is 0.481 e. The van der Waals surface area contributed by atoms with E-state index in [1.54, 1.807) is 24.4 Å². The van der Waals surface area contributed by atoms with E-state index in [1.807, 2.05) is 26.0 Å². The lowest BCUT2D eigenvalue weighted by molar-refractivity contribution is -0.139. The molecule has 7 unspecified atom stereocenters. The number of carboxylic acids is 1. The summed E-state index contributed by atoms with van der Waals surface area (Å²) in [7, 11) is 0. The summed E-state index contributed by atoms with van der Waals surface area (Å²) in [6, 6.07) is 3.70. The van der Waals surface area contributed by atoms with Crippen molar-refractivity contribution in [3.05, 3.63) is 71.6 Å². The zero-order chi connectivity index (χ0) is 25.5. The van der Waals surface area contributed by atoms with Crippen LogP contribution in [0.5, 0.6) is 0 Å². The van der Waals surface area contributed by atoms with Gasteiger partial charge >= 0.3 is 5.97 Å². The zero-order valence-corrected chi connectivity index (χ0v) is 20.9. The number of aliphatic hydroxyl groups excluding tert-OH is 2. The molecule has 35 heavy (non-hydrogen) atoms. The van der Waals surface area contributed by atoms with Crippen LogP contribution < -0.4 is 0 Å². The number of ketones is 1. The van der Waals surface area contributed by atoms with Gasteiger partial charge in [-0.3, -0.25) is 9.59 Å². The summed E-state index contributed by atoms with van der Waals surface area (Å²) in [5.41, 5.74) is 2.27. The minimum absolute atomic E-state index is 0.0727. The van der Waals surface area contributed by atoms with E-state index in [2.05, 4.69) is 30.1 Å². The Hall–Kier alpha value is -2.70. The number of fused-ring (bicyclic) bond motifs is 1. The van der Waals surface area contributed by atoms with E-state index in [1.165, 1.54) is 0 Å². The van der Waals surface area contributed by atoms with Gasteiger partial charge in [0.05, 0.1) is 24.3 Å². The number of carbonyl (C=O) groups excluding carboxylic acids is 1. The molecule has 1 aromatic heterocycles. The first-order valence-corrected chi connectivity index (χ1v) is 12.7. The fourth-order valence-electron chi connectivity index (χ4n) is 5.64. The fraction of sp³-hybridized carbons (Fsp3) is 0.517. The normalized spacial score (nSPS) is 28.8. The van der Waals surface area contributed by atoms with Gasteiger partial charge in [-0.1, -0.05) is 50.3 Å². The van der Waals surface area contributed by atoms with Gasteiger partial charge in [-0.2, -0.15) is 0 Å². The smallest absolute Gasteiger partial charge is 0.305 e. The van der Waals surface area contributed by atoms with Crippen molar-refractivity contribution in [1.29, 1.82) is 0 Å². The van der Waals surface area contributed by atoms with Crippen LogP contribution in [0.3, 0.4) is 0 Å². The van der Waals surface area contributed by atoms with Crippen LogP contribution >= 0.6 is 0 Å². The number of hydrogen-bond donors (Lipinski definition) is 4. The summed E-state index contributed by atoms with van der Waals surface area (Å²) in [5, 5.41) is 29.5. The summed E-state index contributed by atoms with van der Waals surface area (Å²) in [6.45, 7) is 6.12. The summed E-state index contributed by atoms with van der Waals surface area (Å²) in [6.07, 6.45) is 14.6. The Bertz CT molecular complexity index is 987. The van der Waals surface area contributed by atoms with Crippen molar-refractivity contribution in [2.45, 2.75) is 65.1 Å². The predicted molar refractivity (Wildman–Crippen MR) is 137 cm³/mol. The van der Waals surface area contributed by atoms with Gasteiger partial charge in [-0.25, -0.2) is 0 Å². The number of Topliss-reactive ketones (excluding diaryl/α,β-unsaturated/α-hetero) is 1. The maximum absolute atomic E-state index is 13.6. The molecule has 0 amide bonds. The van der Waals surface area contributed by atoms with Gasteiger partial charge in [0.1, 0.15) is 0 Å². The Labute approximate surface area is 208 Å². The molecule has 0 spiro atoms. The van der Waals surface area contributed by atoms with Crippen molar-refractivity contribution in [1.82, 2.24) is 4.98 Å². The Morgan fingerprint density at radius 3 is 2.66 bits per heavy atom. The van der Waals surface area contributed by atoms with Crippen LogP contribution in [-0.4, -0.2) is 44.3 Å². The Morgan fingerprint density at radius 1 is 1.23 bits per heavy atom. The van der Waals surface area contributed by atoms with Gasteiger partial charge in [0.25, 0.3) is 0 Å². The first-order chi connectivity index (χ1) is 16.7. The van der Waals surface area contributed by atoms with Crippen LogP contribution in [0.4, 0.5) is 0 Å².